The summed E-state index contributed by atoms with van der Waals surface area (Å²) >= 11 is 0. The molecule has 2 heteroatoms. The summed E-state index contributed by atoms with van der Waals surface area (Å²) in [5.41, 5.74) is 2.58. The number of aliphatic hydroxyl groups excluding tert-OH is 1. The van der Waals surface area contributed by atoms with E-state index in [0.717, 1.165) is 6.42 Å². The number of aryl methyl sites for hydroxylation is 1. The zero-order chi connectivity index (χ0) is 12.8. The quantitative estimate of drug-likeness (QED) is 0.790. The van der Waals surface area contributed by atoms with Gasteiger partial charge in [0.25, 0.3) is 0 Å². The van der Waals surface area contributed by atoms with Crippen molar-refractivity contribution >= 4 is 10.8 Å². The van der Waals surface area contributed by atoms with Crippen LogP contribution in [0.2, 0.25) is 0 Å². The number of benzene rings is 2. The molecule has 2 rings (SSSR count). The molecule has 2 aromatic carbocycles. The van der Waals surface area contributed by atoms with E-state index in [-0.39, 0.29) is 6.61 Å². The monoisotopic (exact) mass is 244 g/mol. The number of rotatable bonds is 6. The third kappa shape index (κ3) is 3.09. The van der Waals surface area contributed by atoms with Crippen LogP contribution in [0.4, 0.5) is 0 Å². The molecule has 0 unspecified atom stereocenters. The standard InChI is InChI=1S/C16H20O2/c1-2-14-10-13(12-18-9-5-8-17)11-15-6-3-4-7-16(14)15/h3-4,6-7,10-11,17H,2,5,8-9,12H2,1H3. The summed E-state index contributed by atoms with van der Waals surface area (Å²) in [6, 6.07) is 12.9. The van der Waals surface area contributed by atoms with E-state index in [9.17, 15) is 0 Å². The molecule has 0 aromatic heterocycles. The zero-order valence-corrected chi connectivity index (χ0v) is 10.9. The first-order valence-corrected chi connectivity index (χ1v) is 6.54. The molecule has 0 atom stereocenters. The molecule has 0 saturated carbocycles. The topological polar surface area (TPSA) is 29.5 Å². The van der Waals surface area contributed by atoms with Gasteiger partial charge in [-0.3, -0.25) is 0 Å². The first-order valence-electron chi connectivity index (χ1n) is 6.54. The Morgan fingerprint density at radius 2 is 2.00 bits per heavy atom. The predicted molar refractivity (Wildman–Crippen MR) is 74.7 cm³/mol. The highest BCUT2D eigenvalue weighted by Gasteiger charge is 2.02. The van der Waals surface area contributed by atoms with Gasteiger partial charge >= 0.3 is 0 Å². The molecule has 1 N–H and O–H groups in total. The Kier molecular flexibility index (Phi) is 4.73. The van der Waals surface area contributed by atoms with Gasteiger partial charge in [0.2, 0.25) is 0 Å². The average Bonchev–Trinajstić information content (AvgIpc) is 2.42. The largest absolute Gasteiger partial charge is 0.396 e. The second-order valence-corrected chi connectivity index (χ2v) is 4.46. The van der Waals surface area contributed by atoms with E-state index in [1.54, 1.807) is 0 Å². The number of aliphatic hydroxyl groups is 1. The van der Waals surface area contributed by atoms with Gasteiger partial charge in [0.1, 0.15) is 0 Å². The molecule has 18 heavy (non-hydrogen) atoms. The van der Waals surface area contributed by atoms with Gasteiger partial charge in [-0.1, -0.05) is 37.3 Å². The van der Waals surface area contributed by atoms with Crippen molar-refractivity contribution in [3.05, 3.63) is 47.5 Å². The fraction of sp³-hybridized carbons (Fsp3) is 0.375. The Bertz CT molecular complexity index is 505. The first-order chi connectivity index (χ1) is 8.85. The van der Waals surface area contributed by atoms with Crippen LogP contribution >= 0.6 is 0 Å². The van der Waals surface area contributed by atoms with Gasteiger partial charge in [-0.2, -0.15) is 0 Å². The maximum atomic E-state index is 8.71. The molecular weight excluding hydrogens is 224 g/mol. The molecule has 2 nitrogen and oxygen atoms in total. The van der Waals surface area contributed by atoms with Crippen molar-refractivity contribution in [2.45, 2.75) is 26.4 Å². The first kappa shape index (κ1) is 13.1. The molecule has 2 aromatic rings. The Hall–Kier alpha value is -1.38. The molecule has 0 radical (unpaired) electrons. The maximum absolute atomic E-state index is 8.71. The molecular formula is C16H20O2. The van der Waals surface area contributed by atoms with E-state index in [1.165, 1.54) is 21.9 Å². The van der Waals surface area contributed by atoms with E-state index in [4.69, 9.17) is 9.84 Å². The molecule has 96 valence electrons. The molecule has 0 aliphatic rings. The van der Waals surface area contributed by atoms with E-state index in [0.29, 0.717) is 19.6 Å². The molecule has 0 spiro atoms. The van der Waals surface area contributed by atoms with E-state index in [1.807, 2.05) is 0 Å². The van der Waals surface area contributed by atoms with Crippen LogP contribution in [-0.4, -0.2) is 18.3 Å². The molecule has 0 fully saturated rings. The summed E-state index contributed by atoms with van der Waals surface area (Å²) < 4.78 is 5.55. The summed E-state index contributed by atoms with van der Waals surface area (Å²) in [6.07, 6.45) is 1.74. The average molecular weight is 244 g/mol. The van der Waals surface area contributed by atoms with Crippen LogP contribution in [0.3, 0.4) is 0 Å². The van der Waals surface area contributed by atoms with Gasteiger partial charge in [0.05, 0.1) is 6.61 Å². The van der Waals surface area contributed by atoms with Gasteiger partial charge in [-0.05, 0) is 40.8 Å². The van der Waals surface area contributed by atoms with E-state index in [2.05, 4.69) is 43.3 Å². The lowest BCUT2D eigenvalue weighted by atomic mass is 9.99. The smallest absolute Gasteiger partial charge is 0.0717 e. The van der Waals surface area contributed by atoms with E-state index >= 15 is 0 Å². The number of hydrogen-bond donors (Lipinski definition) is 1. The minimum atomic E-state index is 0.192. The number of hydrogen-bond acceptors (Lipinski definition) is 2. The fourth-order valence-corrected chi connectivity index (χ4v) is 2.19. The Balaban J connectivity index is 2.18. The molecule has 0 aliphatic heterocycles. The summed E-state index contributed by atoms with van der Waals surface area (Å²) in [7, 11) is 0. The van der Waals surface area contributed by atoms with Crippen LogP contribution in [-0.2, 0) is 17.8 Å². The van der Waals surface area contributed by atoms with Crippen LogP contribution < -0.4 is 0 Å². The van der Waals surface area contributed by atoms with Crippen molar-refractivity contribution in [1.82, 2.24) is 0 Å². The van der Waals surface area contributed by atoms with Gasteiger partial charge in [0.15, 0.2) is 0 Å². The lowest BCUT2D eigenvalue weighted by Crippen LogP contribution is -1.98. The van der Waals surface area contributed by atoms with Crippen molar-refractivity contribution in [2.75, 3.05) is 13.2 Å². The molecule has 0 heterocycles. The third-order valence-corrected chi connectivity index (χ3v) is 3.10. The van der Waals surface area contributed by atoms with Crippen LogP contribution in [0.5, 0.6) is 0 Å². The highest BCUT2D eigenvalue weighted by Crippen LogP contribution is 2.22. The van der Waals surface area contributed by atoms with Gasteiger partial charge in [-0.15, -0.1) is 0 Å². The Labute approximate surface area is 108 Å². The third-order valence-electron chi connectivity index (χ3n) is 3.10. The van der Waals surface area contributed by atoms with E-state index < -0.39 is 0 Å². The minimum absolute atomic E-state index is 0.192. The highest BCUT2D eigenvalue weighted by molar-refractivity contribution is 5.86. The lowest BCUT2D eigenvalue weighted by molar-refractivity contribution is 0.104. The molecule has 0 amide bonds. The van der Waals surface area contributed by atoms with Crippen molar-refractivity contribution < 1.29 is 9.84 Å². The fourth-order valence-electron chi connectivity index (χ4n) is 2.19. The SMILES string of the molecule is CCc1cc(COCCCO)cc2ccccc12. The van der Waals surface area contributed by atoms with Crippen LogP contribution in [0.15, 0.2) is 36.4 Å². The van der Waals surface area contributed by atoms with Crippen molar-refractivity contribution in [3.8, 4) is 0 Å². The van der Waals surface area contributed by atoms with Crippen molar-refractivity contribution in [2.24, 2.45) is 0 Å². The van der Waals surface area contributed by atoms with Crippen LogP contribution in [0.1, 0.15) is 24.5 Å². The van der Waals surface area contributed by atoms with Gasteiger partial charge in [-0.25, -0.2) is 0 Å². The van der Waals surface area contributed by atoms with Gasteiger partial charge in [0, 0.05) is 13.2 Å². The van der Waals surface area contributed by atoms with Crippen molar-refractivity contribution in [1.29, 1.82) is 0 Å². The second kappa shape index (κ2) is 6.53. The van der Waals surface area contributed by atoms with Gasteiger partial charge < -0.3 is 9.84 Å². The summed E-state index contributed by atoms with van der Waals surface area (Å²) in [6.45, 7) is 3.61. The normalized spacial score (nSPS) is 11.0. The summed E-state index contributed by atoms with van der Waals surface area (Å²) in [5, 5.41) is 11.3. The number of fused-ring (bicyclic) bond motifs is 1. The summed E-state index contributed by atoms with van der Waals surface area (Å²) in [4.78, 5) is 0. The predicted octanol–water partition coefficient (Wildman–Crippen LogP) is 3.30. The highest BCUT2D eigenvalue weighted by atomic mass is 16.5. The van der Waals surface area contributed by atoms with Crippen LogP contribution in [0, 0.1) is 0 Å². The van der Waals surface area contributed by atoms with Crippen LogP contribution in [0.25, 0.3) is 10.8 Å². The molecule has 0 bridgehead atoms. The summed E-state index contributed by atoms with van der Waals surface area (Å²) in [5.74, 6) is 0. The minimum Gasteiger partial charge on any atom is -0.396 e. The number of ether oxygens (including phenoxy) is 1. The Morgan fingerprint density at radius 1 is 1.17 bits per heavy atom. The van der Waals surface area contributed by atoms with Crippen molar-refractivity contribution in [3.63, 3.8) is 0 Å². The maximum Gasteiger partial charge on any atom is 0.0717 e. The zero-order valence-electron chi connectivity index (χ0n) is 10.9. The lowest BCUT2D eigenvalue weighted by Gasteiger charge is -2.09. The molecule has 0 aliphatic carbocycles. The molecule has 0 saturated heterocycles. The Morgan fingerprint density at radius 3 is 2.78 bits per heavy atom. The second-order valence-electron chi connectivity index (χ2n) is 4.46.